The van der Waals surface area contributed by atoms with Gasteiger partial charge in [0.15, 0.2) is 5.96 Å². The third-order valence-corrected chi connectivity index (χ3v) is 4.32. The van der Waals surface area contributed by atoms with Crippen molar-refractivity contribution in [1.82, 2.24) is 25.8 Å². The predicted molar refractivity (Wildman–Crippen MR) is 100 cm³/mol. The normalized spacial score (nSPS) is 18.5. The van der Waals surface area contributed by atoms with Crippen LogP contribution in [-0.4, -0.2) is 99.7 Å². The molecule has 148 valence electrons. The van der Waals surface area contributed by atoms with E-state index in [1.807, 2.05) is 6.92 Å². The molecule has 0 atom stereocenters. The van der Waals surface area contributed by atoms with E-state index in [1.54, 1.807) is 7.11 Å². The summed E-state index contributed by atoms with van der Waals surface area (Å²) in [5.74, 6) is 0.749. The topological polar surface area (TPSA) is 98.3 Å². The van der Waals surface area contributed by atoms with E-state index in [-0.39, 0.29) is 18.4 Å². The molecule has 0 aromatic rings. The zero-order valence-electron chi connectivity index (χ0n) is 15.9. The van der Waals surface area contributed by atoms with Crippen LogP contribution >= 0.6 is 0 Å². The summed E-state index contributed by atoms with van der Waals surface area (Å²) in [5, 5.41) is 9.03. The largest absolute Gasteiger partial charge is 0.383 e. The van der Waals surface area contributed by atoms with E-state index in [9.17, 15) is 9.59 Å². The monoisotopic (exact) mass is 368 g/mol. The Labute approximate surface area is 155 Å². The number of carbonyl (C=O) groups is 2. The molecule has 9 heteroatoms. The smallest absolute Gasteiger partial charge is 0.241 e. The van der Waals surface area contributed by atoms with Crippen LogP contribution in [0.3, 0.4) is 0 Å². The lowest BCUT2D eigenvalue weighted by molar-refractivity contribution is -0.122. The molecule has 2 fully saturated rings. The highest BCUT2D eigenvalue weighted by molar-refractivity contribution is 5.85. The van der Waals surface area contributed by atoms with Gasteiger partial charge in [-0.3, -0.25) is 14.5 Å². The molecule has 0 unspecified atom stereocenters. The van der Waals surface area contributed by atoms with Gasteiger partial charge in [-0.05, 0) is 19.8 Å². The van der Waals surface area contributed by atoms with Gasteiger partial charge in [-0.15, -0.1) is 0 Å². The van der Waals surface area contributed by atoms with E-state index >= 15 is 0 Å². The van der Waals surface area contributed by atoms with Crippen LogP contribution in [0.2, 0.25) is 0 Å². The summed E-state index contributed by atoms with van der Waals surface area (Å²) in [6, 6.07) is 0.409. The van der Waals surface area contributed by atoms with Crippen molar-refractivity contribution < 1.29 is 14.3 Å². The molecule has 2 rings (SSSR count). The first-order chi connectivity index (χ1) is 12.6. The Balaban J connectivity index is 1.74. The van der Waals surface area contributed by atoms with Gasteiger partial charge >= 0.3 is 0 Å². The van der Waals surface area contributed by atoms with Crippen LogP contribution in [0.15, 0.2) is 4.99 Å². The van der Waals surface area contributed by atoms with E-state index in [0.29, 0.717) is 25.7 Å². The number of piperazine rings is 1. The van der Waals surface area contributed by atoms with Crippen molar-refractivity contribution in [2.24, 2.45) is 4.99 Å². The van der Waals surface area contributed by atoms with Crippen LogP contribution in [0.5, 0.6) is 0 Å². The Bertz CT molecular complexity index is 487. The summed E-state index contributed by atoms with van der Waals surface area (Å²) in [7, 11) is 1.60. The maximum absolute atomic E-state index is 11.9. The first kappa shape index (κ1) is 20.4. The summed E-state index contributed by atoms with van der Waals surface area (Å²) >= 11 is 0. The molecule has 0 bridgehead atoms. The van der Waals surface area contributed by atoms with Crippen molar-refractivity contribution in [1.29, 1.82) is 0 Å². The summed E-state index contributed by atoms with van der Waals surface area (Å²) < 4.78 is 4.91. The van der Waals surface area contributed by atoms with Gasteiger partial charge in [-0.2, -0.15) is 0 Å². The standard InChI is InChI=1S/C17H32N6O3/c1-3-18-17(20-12-15(24)19-6-11-26-2)23-9-7-22(8-10-23)13-16(25)21-14-4-5-14/h14H,3-13H2,1-2H3,(H,18,20)(H,19,24)(H,21,25). The zero-order chi connectivity index (χ0) is 18.8. The fourth-order valence-electron chi connectivity index (χ4n) is 2.74. The lowest BCUT2D eigenvalue weighted by Crippen LogP contribution is -2.54. The predicted octanol–water partition coefficient (Wildman–Crippen LogP) is -1.39. The molecule has 0 aromatic carbocycles. The molecule has 3 N–H and O–H groups in total. The second-order valence-corrected chi connectivity index (χ2v) is 6.62. The van der Waals surface area contributed by atoms with E-state index in [1.165, 1.54) is 0 Å². The molecule has 1 heterocycles. The SMILES string of the molecule is CCNC(=NCC(=O)NCCOC)N1CCN(CC(=O)NC2CC2)CC1. The second kappa shape index (κ2) is 11.0. The number of nitrogens with one attached hydrogen (secondary N) is 3. The van der Waals surface area contributed by atoms with Crippen molar-refractivity contribution in [3.05, 3.63) is 0 Å². The van der Waals surface area contributed by atoms with Crippen molar-refractivity contribution in [3.8, 4) is 0 Å². The number of guanidine groups is 1. The summed E-state index contributed by atoms with van der Waals surface area (Å²) in [6.07, 6.45) is 2.22. The highest BCUT2D eigenvalue weighted by atomic mass is 16.5. The molecule has 2 amide bonds. The number of methoxy groups -OCH3 is 1. The molecular formula is C17H32N6O3. The summed E-state index contributed by atoms with van der Waals surface area (Å²) in [4.78, 5) is 32.4. The molecule has 0 aromatic heterocycles. The minimum Gasteiger partial charge on any atom is -0.383 e. The Morgan fingerprint density at radius 2 is 1.85 bits per heavy atom. The molecule has 1 aliphatic heterocycles. The van der Waals surface area contributed by atoms with Crippen molar-refractivity contribution in [2.75, 3.05) is 66.1 Å². The minimum absolute atomic E-state index is 0.0933. The van der Waals surface area contributed by atoms with Gasteiger partial charge in [0, 0.05) is 52.4 Å². The van der Waals surface area contributed by atoms with E-state index < -0.39 is 0 Å². The van der Waals surface area contributed by atoms with Crippen LogP contribution in [0, 0.1) is 0 Å². The molecular weight excluding hydrogens is 336 g/mol. The highest BCUT2D eigenvalue weighted by Crippen LogP contribution is 2.18. The average molecular weight is 368 g/mol. The number of ether oxygens (including phenoxy) is 1. The molecule has 1 aliphatic carbocycles. The number of hydrogen-bond acceptors (Lipinski definition) is 5. The van der Waals surface area contributed by atoms with Crippen LogP contribution in [-0.2, 0) is 14.3 Å². The fraction of sp³-hybridized carbons (Fsp3) is 0.824. The maximum atomic E-state index is 11.9. The van der Waals surface area contributed by atoms with E-state index in [0.717, 1.165) is 51.5 Å². The zero-order valence-corrected chi connectivity index (χ0v) is 15.9. The highest BCUT2D eigenvalue weighted by Gasteiger charge is 2.25. The van der Waals surface area contributed by atoms with Gasteiger partial charge < -0.3 is 25.6 Å². The van der Waals surface area contributed by atoms with Gasteiger partial charge in [-0.25, -0.2) is 4.99 Å². The number of nitrogens with zero attached hydrogens (tertiary/aromatic N) is 3. The Kier molecular flexibility index (Phi) is 8.63. The van der Waals surface area contributed by atoms with Crippen LogP contribution in [0.25, 0.3) is 0 Å². The van der Waals surface area contributed by atoms with Gasteiger partial charge in [0.1, 0.15) is 6.54 Å². The second-order valence-electron chi connectivity index (χ2n) is 6.62. The van der Waals surface area contributed by atoms with Crippen LogP contribution in [0.1, 0.15) is 19.8 Å². The van der Waals surface area contributed by atoms with Gasteiger partial charge in [0.05, 0.1) is 13.2 Å². The third-order valence-electron chi connectivity index (χ3n) is 4.32. The van der Waals surface area contributed by atoms with E-state index in [2.05, 4.69) is 30.7 Å². The maximum Gasteiger partial charge on any atom is 0.241 e. The molecule has 1 saturated carbocycles. The lowest BCUT2D eigenvalue weighted by Gasteiger charge is -2.36. The molecule has 9 nitrogen and oxygen atoms in total. The van der Waals surface area contributed by atoms with Crippen molar-refractivity contribution in [2.45, 2.75) is 25.8 Å². The number of amides is 2. The third kappa shape index (κ3) is 7.57. The minimum atomic E-state index is -0.118. The molecule has 2 aliphatic rings. The Morgan fingerprint density at radius 3 is 2.46 bits per heavy atom. The van der Waals surface area contributed by atoms with E-state index in [4.69, 9.17) is 4.74 Å². The van der Waals surface area contributed by atoms with Gasteiger partial charge in [0.25, 0.3) is 0 Å². The molecule has 1 saturated heterocycles. The number of rotatable bonds is 9. The summed E-state index contributed by atoms with van der Waals surface area (Å²) in [5.41, 5.74) is 0. The van der Waals surface area contributed by atoms with Crippen LogP contribution in [0.4, 0.5) is 0 Å². The average Bonchev–Trinajstić information content (AvgIpc) is 3.43. The number of hydrogen-bond donors (Lipinski definition) is 3. The van der Waals surface area contributed by atoms with Gasteiger partial charge in [0.2, 0.25) is 11.8 Å². The fourth-order valence-corrected chi connectivity index (χ4v) is 2.74. The van der Waals surface area contributed by atoms with Crippen molar-refractivity contribution in [3.63, 3.8) is 0 Å². The quantitative estimate of drug-likeness (QED) is 0.263. The lowest BCUT2D eigenvalue weighted by atomic mass is 10.3. The first-order valence-corrected chi connectivity index (χ1v) is 9.43. The molecule has 26 heavy (non-hydrogen) atoms. The first-order valence-electron chi connectivity index (χ1n) is 9.43. The Morgan fingerprint density at radius 1 is 1.12 bits per heavy atom. The molecule has 0 spiro atoms. The van der Waals surface area contributed by atoms with Crippen molar-refractivity contribution >= 4 is 17.8 Å². The summed E-state index contributed by atoms with van der Waals surface area (Å²) in [6.45, 7) is 7.47. The molecule has 0 radical (unpaired) electrons. The van der Waals surface area contributed by atoms with Gasteiger partial charge in [-0.1, -0.05) is 0 Å². The number of aliphatic imine (C=N–C) groups is 1. The number of carbonyl (C=O) groups excluding carboxylic acids is 2. The Hall–Kier alpha value is -1.87. The van der Waals surface area contributed by atoms with Crippen LogP contribution < -0.4 is 16.0 Å².